The van der Waals surface area contributed by atoms with Gasteiger partial charge in [0.1, 0.15) is 5.69 Å². The van der Waals surface area contributed by atoms with Crippen LogP contribution in [0.3, 0.4) is 0 Å². The van der Waals surface area contributed by atoms with Crippen LogP contribution >= 0.6 is 22.9 Å². The Bertz CT molecular complexity index is 447. The standard InChI is InChI=1S/C15H20ClNOS/c16-12-6-4-11(5-7-12)15-17-13(9-18)14(19-15)8-3-10-1-2-10/h9-12H,1-8H2. The Morgan fingerprint density at radius 1 is 1.21 bits per heavy atom. The minimum Gasteiger partial charge on any atom is -0.296 e. The molecule has 2 nitrogen and oxygen atoms in total. The summed E-state index contributed by atoms with van der Waals surface area (Å²) in [6.45, 7) is 0. The van der Waals surface area contributed by atoms with Crippen LogP contribution in [0.15, 0.2) is 0 Å². The van der Waals surface area contributed by atoms with Gasteiger partial charge in [0.15, 0.2) is 6.29 Å². The van der Waals surface area contributed by atoms with E-state index in [2.05, 4.69) is 4.98 Å². The first-order chi connectivity index (χ1) is 9.26. The largest absolute Gasteiger partial charge is 0.296 e. The number of thiazole rings is 1. The zero-order valence-electron chi connectivity index (χ0n) is 11.1. The van der Waals surface area contributed by atoms with Crippen molar-refractivity contribution in [2.75, 3.05) is 0 Å². The van der Waals surface area contributed by atoms with Crippen molar-refractivity contribution in [2.24, 2.45) is 5.92 Å². The summed E-state index contributed by atoms with van der Waals surface area (Å²) in [4.78, 5) is 17.0. The molecule has 1 heterocycles. The molecule has 0 unspecified atom stereocenters. The van der Waals surface area contributed by atoms with E-state index in [9.17, 15) is 4.79 Å². The third-order valence-corrected chi connectivity index (χ3v) is 6.07. The molecule has 0 aliphatic heterocycles. The predicted octanol–water partition coefficient (Wildman–Crippen LogP) is 4.56. The van der Waals surface area contributed by atoms with Gasteiger partial charge in [-0.2, -0.15) is 0 Å². The molecule has 19 heavy (non-hydrogen) atoms. The monoisotopic (exact) mass is 297 g/mol. The van der Waals surface area contributed by atoms with Gasteiger partial charge < -0.3 is 0 Å². The minimum atomic E-state index is 0.344. The lowest BCUT2D eigenvalue weighted by atomic mass is 9.89. The highest BCUT2D eigenvalue weighted by Gasteiger charge is 2.26. The molecule has 0 bridgehead atoms. The van der Waals surface area contributed by atoms with E-state index < -0.39 is 0 Å². The topological polar surface area (TPSA) is 30.0 Å². The number of aromatic nitrogens is 1. The normalized spacial score (nSPS) is 27.4. The van der Waals surface area contributed by atoms with Crippen molar-refractivity contribution in [1.29, 1.82) is 0 Å². The molecule has 0 N–H and O–H groups in total. The van der Waals surface area contributed by atoms with Gasteiger partial charge in [-0.25, -0.2) is 4.98 Å². The number of hydrogen-bond acceptors (Lipinski definition) is 3. The third kappa shape index (κ3) is 3.38. The quantitative estimate of drug-likeness (QED) is 0.589. The van der Waals surface area contributed by atoms with Crippen molar-refractivity contribution in [3.63, 3.8) is 0 Å². The number of nitrogens with zero attached hydrogens (tertiary/aromatic N) is 1. The van der Waals surface area contributed by atoms with Crippen molar-refractivity contribution in [2.45, 2.75) is 62.7 Å². The van der Waals surface area contributed by atoms with Crippen molar-refractivity contribution >= 4 is 29.2 Å². The van der Waals surface area contributed by atoms with Crippen LogP contribution in [0.25, 0.3) is 0 Å². The van der Waals surface area contributed by atoms with Gasteiger partial charge in [0, 0.05) is 16.2 Å². The van der Waals surface area contributed by atoms with Crippen LogP contribution in [0.2, 0.25) is 0 Å². The molecule has 0 amide bonds. The van der Waals surface area contributed by atoms with E-state index in [0.717, 1.165) is 44.3 Å². The van der Waals surface area contributed by atoms with Crippen molar-refractivity contribution in [1.82, 2.24) is 4.98 Å². The number of alkyl halides is 1. The summed E-state index contributed by atoms with van der Waals surface area (Å²) >= 11 is 7.93. The smallest absolute Gasteiger partial charge is 0.169 e. The van der Waals surface area contributed by atoms with Crippen LogP contribution in [0.4, 0.5) is 0 Å². The molecule has 0 radical (unpaired) electrons. The van der Waals surface area contributed by atoms with Crippen LogP contribution in [0, 0.1) is 5.92 Å². The van der Waals surface area contributed by atoms with E-state index in [1.54, 1.807) is 11.3 Å². The highest BCUT2D eigenvalue weighted by Crippen LogP contribution is 2.39. The second-order valence-electron chi connectivity index (χ2n) is 5.91. The van der Waals surface area contributed by atoms with Gasteiger partial charge in [0.2, 0.25) is 0 Å². The summed E-state index contributed by atoms with van der Waals surface area (Å²) < 4.78 is 0. The van der Waals surface area contributed by atoms with Gasteiger partial charge >= 0.3 is 0 Å². The maximum atomic E-state index is 11.2. The first-order valence-corrected chi connectivity index (χ1v) is 8.60. The predicted molar refractivity (Wildman–Crippen MR) is 79.4 cm³/mol. The average molecular weight is 298 g/mol. The maximum absolute atomic E-state index is 11.2. The molecular weight excluding hydrogens is 278 g/mol. The highest BCUT2D eigenvalue weighted by molar-refractivity contribution is 7.12. The summed E-state index contributed by atoms with van der Waals surface area (Å²) in [5.41, 5.74) is 0.702. The van der Waals surface area contributed by atoms with Gasteiger partial charge in [-0.3, -0.25) is 4.79 Å². The SMILES string of the molecule is O=Cc1nc(C2CCC(Cl)CC2)sc1CCC1CC1. The summed E-state index contributed by atoms with van der Waals surface area (Å²) in [6.07, 6.45) is 10.4. The number of aldehydes is 1. The fourth-order valence-electron chi connectivity index (χ4n) is 2.87. The number of hydrogen-bond donors (Lipinski definition) is 0. The van der Waals surface area contributed by atoms with E-state index in [-0.39, 0.29) is 0 Å². The Morgan fingerprint density at radius 3 is 2.58 bits per heavy atom. The zero-order chi connectivity index (χ0) is 13.2. The molecule has 1 aromatic heterocycles. The second-order valence-corrected chi connectivity index (χ2v) is 7.64. The van der Waals surface area contributed by atoms with E-state index in [0.29, 0.717) is 17.0 Å². The Balaban J connectivity index is 1.68. The first kappa shape index (κ1) is 13.6. The Kier molecular flexibility index (Phi) is 4.23. The van der Waals surface area contributed by atoms with Crippen LogP contribution in [0.5, 0.6) is 0 Å². The van der Waals surface area contributed by atoms with Gasteiger partial charge in [0.25, 0.3) is 0 Å². The van der Waals surface area contributed by atoms with Gasteiger partial charge in [0.05, 0.1) is 5.01 Å². The molecule has 2 aliphatic carbocycles. The Morgan fingerprint density at radius 2 is 1.95 bits per heavy atom. The van der Waals surface area contributed by atoms with E-state index in [1.165, 1.54) is 29.1 Å². The fraction of sp³-hybridized carbons (Fsp3) is 0.733. The van der Waals surface area contributed by atoms with Gasteiger partial charge in [-0.1, -0.05) is 12.8 Å². The van der Waals surface area contributed by atoms with Crippen molar-refractivity contribution < 1.29 is 4.79 Å². The summed E-state index contributed by atoms with van der Waals surface area (Å²) in [5, 5.41) is 1.52. The van der Waals surface area contributed by atoms with Crippen molar-refractivity contribution in [3.8, 4) is 0 Å². The summed E-state index contributed by atoms with van der Waals surface area (Å²) in [7, 11) is 0. The van der Waals surface area contributed by atoms with Gasteiger partial charge in [-0.15, -0.1) is 22.9 Å². The molecule has 0 spiro atoms. The number of aryl methyl sites for hydroxylation is 1. The molecule has 0 aromatic carbocycles. The molecule has 3 rings (SSSR count). The number of halogens is 1. The highest BCUT2D eigenvalue weighted by atomic mass is 35.5. The Hall–Kier alpha value is -0.410. The maximum Gasteiger partial charge on any atom is 0.169 e. The fourth-order valence-corrected chi connectivity index (χ4v) is 4.34. The molecule has 2 saturated carbocycles. The van der Waals surface area contributed by atoms with E-state index in [4.69, 9.17) is 11.6 Å². The van der Waals surface area contributed by atoms with Crippen LogP contribution in [0.1, 0.15) is 71.2 Å². The molecule has 1 aromatic rings. The van der Waals surface area contributed by atoms with Gasteiger partial charge in [-0.05, 0) is 44.4 Å². The lowest BCUT2D eigenvalue weighted by Gasteiger charge is -2.22. The minimum absolute atomic E-state index is 0.344. The van der Waals surface area contributed by atoms with E-state index >= 15 is 0 Å². The lowest BCUT2D eigenvalue weighted by molar-refractivity contribution is 0.111. The van der Waals surface area contributed by atoms with Crippen LogP contribution in [-0.2, 0) is 6.42 Å². The number of rotatable bonds is 5. The molecule has 104 valence electrons. The van der Waals surface area contributed by atoms with Crippen molar-refractivity contribution in [3.05, 3.63) is 15.6 Å². The molecule has 4 heteroatoms. The molecule has 2 aliphatic rings. The third-order valence-electron chi connectivity index (χ3n) is 4.34. The lowest BCUT2D eigenvalue weighted by Crippen LogP contribution is -2.12. The van der Waals surface area contributed by atoms with Crippen LogP contribution in [-0.4, -0.2) is 16.6 Å². The zero-order valence-corrected chi connectivity index (χ0v) is 12.7. The number of carbonyl (C=O) groups is 1. The number of carbonyl (C=O) groups excluding carboxylic acids is 1. The molecule has 2 fully saturated rings. The van der Waals surface area contributed by atoms with E-state index in [1.807, 2.05) is 0 Å². The average Bonchev–Trinajstić information content (AvgIpc) is 3.16. The second kappa shape index (κ2) is 5.92. The molecular formula is C15H20ClNOS. The Labute approximate surface area is 123 Å². The first-order valence-electron chi connectivity index (χ1n) is 7.35. The summed E-state index contributed by atoms with van der Waals surface area (Å²) in [5.74, 6) is 1.45. The summed E-state index contributed by atoms with van der Waals surface area (Å²) in [6, 6.07) is 0. The van der Waals surface area contributed by atoms with Crippen LogP contribution < -0.4 is 0 Å². The molecule has 0 atom stereocenters. The molecule has 0 saturated heterocycles.